The molecule has 0 aromatic heterocycles. The molecule has 0 saturated heterocycles. The predicted octanol–water partition coefficient (Wildman–Crippen LogP) is 6.78. The van der Waals surface area contributed by atoms with Gasteiger partial charge in [-0.25, -0.2) is 0 Å². The molecule has 2 aliphatic carbocycles. The summed E-state index contributed by atoms with van der Waals surface area (Å²) < 4.78 is 0. The van der Waals surface area contributed by atoms with Crippen molar-refractivity contribution in [3.05, 3.63) is 71.8 Å². The normalized spacial score (nSPS) is 20.2. The minimum absolute atomic E-state index is 0.403. The fourth-order valence-electron chi connectivity index (χ4n) is 5.41. The van der Waals surface area contributed by atoms with Crippen molar-refractivity contribution in [2.45, 2.75) is 101 Å². The van der Waals surface area contributed by atoms with Gasteiger partial charge in [-0.2, -0.15) is 10.2 Å². The molecule has 2 unspecified atom stereocenters. The highest BCUT2D eigenvalue weighted by molar-refractivity contribution is 7.80. The maximum absolute atomic E-state index is 5.77. The van der Waals surface area contributed by atoms with Crippen LogP contribution in [0.25, 0.3) is 0 Å². The Morgan fingerprint density at radius 1 is 0.605 bits per heavy atom. The monoisotopic (exact) mass is 550 g/mol. The summed E-state index contributed by atoms with van der Waals surface area (Å²) in [4.78, 5) is 0. The van der Waals surface area contributed by atoms with Gasteiger partial charge in [0.2, 0.25) is 0 Å². The number of rotatable bonds is 8. The van der Waals surface area contributed by atoms with Crippen LogP contribution in [0.5, 0.6) is 0 Å². The molecule has 2 atom stereocenters. The van der Waals surface area contributed by atoms with Crippen molar-refractivity contribution >= 4 is 34.7 Å². The van der Waals surface area contributed by atoms with Crippen LogP contribution >= 0.6 is 24.4 Å². The van der Waals surface area contributed by atoms with Crippen LogP contribution in [0.2, 0.25) is 0 Å². The topological polar surface area (TPSA) is 72.8 Å². The van der Waals surface area contributed by atoms with Crippen LogP contribution in [0.1, 0.15) is 89.2 Å². The Morgan fingerprint density at radius 2 is 0.947 bits per heavy atom. The number of thiocarbonyl (C=S) groups is 2. The SMILES string of the molecule is CC(/N=N/C(C)(NC(=S)NC1CCCCC1)c1ccccc1)(NC(=S)NC1CCCCC1)c1ccccc1. The zero-order valence-corrected chi connectivity index (χ0v) is 24.3. The Morgan fingerprint density at radius 3 is 1.29 bits per heavy atom. The number of hydrogen-bond acceptors (Lipinski definition) is 4. The van der Waals surface area contributed by atoms with Gasteiger partial charge in [-0.05, 0) is 64.0 Å². The summed E-state index contributed by atoms with van der Waals surface area (Å²) in [6.07, 6.45) is 12.2. The van der Waals surface area contributed by atoms with E-state index in [1.54, 1.807) is 0 Å². The van der Waals surface area contributed by atoms with Crippen molar-refractivity contribution in [2.24, 2.45) is 10.2 Å². The maximum atomic E-state index is 5.77. The molecule has 0 heterocycles. The van der Waals surface area contributed by atoms with E-state index in [1.165, 1.54) is 38.5 Å². The first-order chi connectivity index (χ1) is 18.4. The van der Waals surface area contributed by atoms with E-state index in [0.29, 0.717) is 22.3 Å². The minimum Gasteiger partial charge on any atom is -0.360 e. The van der Waals surface area contributed by atoms with E-state index < -0.39 is 11.3 Å². The Balaban J connectivity index is 1.57. The molecule has 2 fully saturated rings. The highest BCUT2D eigenvalue weighted by Gasteiger charge is 2.33. The molecule has 4 rings (SSSR count). The van der Waals surface area contributed by atoms with Crippen molar-refractivity contribution in [2.75, 3.05) is 0 Å². The van der Waals surface area contributed by atoms with E-state index in [4.69, 9.17) is 34.7 Å². The van der Waals surface area contributed by atoms with Crippen molar-refractivity contribution in [1.29, 1.82) is 0 Å². The molecule has 0 radical (unpaired) electrons. The maximum Gasteiger partial charge on any atom is 0.175 e. The average Bonchev–Trinajstić information content (AvgIpc) is 2.94. The number of nitrogens with zero attached hydrogens (tertiary/aromatic N) is 2. The van der Waals surface area contributed by atoms with Gasteiger partial charge < -0.3 is 21.3 Å². The minimum atomic E-state index is -0.865. The zero-order chi connectivity index (χ0) is 26.8. The summed E-state index contributed by atoms with van der Waals surface area (Å²) in [5, 5.41) is 25.1. The number of azo groups is 1. The first-order valence-electron chi connectivity index (χ1n) is 14.1. The molecule has 4 N–H and O–H groups in total. The molecule has 2 aromatic carbocycles. The fraction of sp³-hybridized carbons (Fsp3) is 0.533. The third kappa shape index (κ3) is 7.96. The van der Waals surface area contributed by atoms with Crippen LogP contribution in [0.4, 0.5) is 0 Å². The van der Waals surface area contributed by atoms with Gasteiger partial charge >= 0.3 is 0 Å². The van der Waals surface area contributed by atoms with Crippen LogP contribution in [0.3, 0.4) is 0 Å². The van der Waals surface area contributed by atoms with E-state index >= 15 is 0 Å². The van der Waals surface area contributed by atoms with Gasteiger partial charge in [0.15, 0.2) is 21.6 Å². The summed E-state index contributed by atoms with van der Waals surface area (Å²) in [5.74, 6) is 0. The van der Waals surface area contributed by atoms with Gasteiger partial charge in [-0.15, -0.1) is 0 Å². The Labute approximate surface area is 238 Å². The van der Waals surface area contributed by atoms with Crippen LogP contribution in [-0.4, -0.2) is 22.3 Å². The van der Waals surface area contributed by atoms with Gasteiger partial charge in [0.25, 0.3) is 0 Å². The van der Waals surface area contributed by atoms with Gasteiger partial charge in [-0.1, -0.05) is 99.2 Å². The van der Waals surface area contributed by atoms with Gasteiger partial charge in [-0.3, -0.25) is 0 Å². The molecule has 204 valence electrons. The molecule has 38 heavy (non-hydrogen) atoms. The Bertz CT molecular complexity index is 981. The number of benzene rings is 2. The smallest absolute Gasteiger partial charge is 0.175 e. The van der Waals surface area contributed by atoms with E-state index in [0.717, 1.165) is 36.8 Å². The van der Waals surface area contributed by atoms with E-state index in [9.17, 15) is 0 Å². The lowest BCUT2D eigenvalue weighted by atomic mass is 9.95. The van der Waals surface area contributed by atoms with E-state index in [1.807, 2.05) is 50.2 Å². The fourth-order valence-corrected chi connectivity index (χ4v) is 6.14. The molecule has 2 aromatic rings. The number of hydrogen-bond donors (Lipinski definition) is 4. The first kappa shape index (κ1) is 28.4. The van der Waals surface area contributed by atoms with Crippen molar-refractivity contribution in [3.63, 3.8) is 0 Å². The summed E-state index contributed by atoms with van der Waals surface area (Å²) in [5.41, 5.74) is 0.233. The molecule has 0 bridgehead atoms. The second-order valence-electron chi connectivity index (χ2n) is 10.9. The van der Waals surface area contributed by atoms with Crippen molar-refractivity contribution < 1.29 is 0 Å². The Hall–Kier alpha value is -2.58. The molecular weight excluding hydrogens is 509 g/mol. The lowest BCUT2D eigenvalue weighted by Crippen LogP contribution is -2.52. The van der Waals surface area contributed by atoms with E-state index in [-0.39, 0.29) is 0 Å². The zero-order valence-electron chi connectivity index (χ0n) is 22.7. The average molecular weight is 551 g/mol. The summed E-state index contributed by atoms with van der Waals surface area (Å²) in [6.45, 7) is 4.04. The van der Waals surface area contributed by atoms with E-state index in [2.05, 4.69) is 45.5 Å². The lowest BCUT2D eigenvalue weighted by Gasteiger charge is -2.34. The lowest BCUT2D eigenvalue weighted by molar-refractivity contribution is 0.349. The number of nitrogens with one attached hydrogen (secondary N) is 4. The van der Waals surface area contributed by atoms with Crippen LogP contribution in [0.15, 0.2) is 70.9 Å². The van der Waals surface area contributed by atoms with Crippen molar-refractivity contribution in [1.82, 2.24) is 21.3 Å². The van der Waals surface area contributed by atoms with Crippen LogP contribution < -0.4 is 21.3 Å². The van der Waals surface area contributed by atoms with Crippen molar-refractivity contribution in [3.8, 4) is 0 Å². The van der Waals surface area contributed by atoms with Crippen LogP contribution in [0, 0.1) is 0 Å². The quantitative estimate of drug-likeness (QED) is 0.215. The largest absolute Gasteiger partial charge is 0.360 e. The third-order valence-corrected chi connectivity index (χ3v) is 8.16. The second kappa shape index (κ2) is 13.5. The summed E-state index contributed by atoms with van der Waals surface area (Å²) >= 11 is 11.5. The molecule has 0 spiro atoms. The standard InChI is InChI=1S/C30H42N6S2/c1-29(23-15-7-3-8-16-23,33-27(37)31-25-19-11-5-12-20-25)35-36-30(2,24-17-9-4-10-18-24)34-28(38)32-26-21-13-6-14-22-26/h3-4,7-10,15-18,25-26H,5-6,11-14,19-22H2,1-2H3,(H2,31,33,37)(H2,32,34,38)/b36-35+. The van der Waals surface area contributed by atoms with Gasteiger partial charge in [0.05, 0.1) is 0 Å². The summed E-state index contributed by atoms with van der Waals surface area (Å²) in [7, 11) is 0. The van der Waals surface area contributed by atoms with Gasteiger partial charge in [0, 0.05) is 23.2 Å². The summed E-state index contributed by atoms with van der Waals surface area (Å²) in [6, 6.07) is 21.1. The highest BCUT2D eigenvalue weighted by atomic mass is 32.1. The Kier molecular flexibility index (Phi) is 10.1. The second-order valence-corrected chi connectivity index (χ2v) is 11.8. The molecule has 0 aliphatic heterocycles. The molecule has 8 heteroatoms. The molecule has 6 nitrogen and oxygen atoms in total. The molecule has 2 aliphatic rings. The molecule has 2 saturated carbocycles. The molecular formula is C30H42N6S2. The predicted molar refractivity (Wildman–Crippen MR) is 164 cm³/mol. The van der Waals surface area contributed by atoms with Gasteiger partial charge in [0.1, 0.15) is 0 Å². The van der Waals surface area contributed by atoms with Crippen LogP contribution in [-0.2, 0) is 11.3 Å². The molecule has 0 amide bonds. The highest BCUT2D eigenvalue weighted by Crippen LogP contribution is 2.29. The third-order valence-electron chi connectivity index (χ3n) is 7.72. The first-order valence-corrected chi connectivity index (χ1v) is 14.9.